The second kappa shape index (κ2) is 5.15. The van der Waals surface area contributed by atoms with Crippen LogP contribution in [0.4, 0.5) is 5.82 Å². The number of fused-ring (bicyclic) bond motifs is 1. The Labute approximate surface area is 112 Å². The molecule has 102 valence electrons. The van der Waals surface area contributed by atoms with Gasteiger partial charge in [-0.2, -0.15) is 0 Å². The Morgan fingerprint density at radius 1 is 1.21 bits per heavy atom. The van der Waals surface area contributed by atoms with E-state index in [-0.39, 0.29) is 5.92 Å². The quantitative estimate of drug-likeness (QED) is 0.870. The smallest absolute Gasteiger partial charge is 0.306 e. The van der Waals surface area contributed by atoms with Crippen LogP contribution < -0.4 is 5.32 Å². The molecule has 1 aromatic heterocycles. The van der Waals surface area contributed by atoms with Gasteiger partial charge in [0.05, 0.1) is 5.92 Å². The summed E-state index contributed by atoms with van der Waals surface area (Å²) >= 11 is 0. The Morgan fingerprint density at radius 3 is 2.74 bits per heavy atom. The molecule has 1 aromatic rings. The highest BCUT2D eigenvalue weighted by atomic mass is 16.4. The van der Waals surface area contributed by atoms with Crippen molar-refractivity contribution in [2.75, 3.05) is 5.32 Å². The molecule has 1 saturated carbocycles. The summed E-state index contributed by atoms with van der Waals surface area (Å²) in [5, 5.41) is 12.5. The predicted octanol–water partition coefficient (Wildman–Crippen LogP) is 2.02. The monoisotopic (exact) mass is 261 g/mol. The number of anilines is 1. The van der Waals surface area contributed by atoms with Crippen molar-refractivity contribution in [1.82, 2.24) is 9.97 Å². The predicted molar refractivity (Wildman–Crippen MR) is 71.1 cm³/mol. The van der Waals surface area contributed by atoms with Crippen LogP contribution in [0.5, 0.6) is 0 Å². The van der Waals surface area contributed by atoms with Gasteiger partial charge < -0.3 is 10.4 Å². The number of hydrogen-bond acceptors (Lipinski definition) is 4. The summed E-state index contributed by atoms with van der Waals surface area (Å²) in [4.78, 5) is 19.6. The SMILES string of the molecule is O=C(O)C1CCC(Nc2ncnc3c2CCC3)CC1. The van der Waals surface area contributed by atoms with Crippen molar-refractivity contribution in [2.45, 2.75) is 51.0 Å². The second-order valence-corrected chi connectivity index (χ2v) is 5.53. The molecule has 0 aliphatic heterocycles. The fraction of sp³-hybridized carbons (Fsp3) is 0.643. The lowest BCUT2D eigenvalue weighted by molar-refractivity contribution is -0.142. The zero-order chi connectivity index (χ0) is 13.2. The Bertz CT molecular complexity index is 482. The van der Waals surface area contributed by atoms with Crippen LogP contribution in [0.1, 0.15) is 43.4 Å². The average molecular weight is 261 g/mol. The van der Waals surface area contributed by atoms with E-state index in [9.17, 15) is 4.79 Å². The minimum Gasteiger partial charge on any atom is -0.481 e. The Morgan fingerprint density at radius 2 is 2.00 bits per heavy atom. The minimum absolute atomic E-state index is 0.158. The first kappa shape index (κ1) is 12.4. The summed E-state index contributed by atoms with van der Waals surface area (Å²) in [5.41, 5.74) is 2.44. The van der Waals surface area contributed by atoms with Gasteiger partial charge in [0.2, 0.25) is 0 Å². The third kappa shape index (κ3) is 2.55. The summed E-state index contributed by atoms with van der Waals surface area (Å²) in [6.07, 6.45) is 8.26. The molecule has 1 fully saturated rings. The molecule has 0 saturated heterocycles. The van der Waals surface area contributed by atoms with Crippen LogP contribution in [0.2, 0.25) is 0 Å². The van der Waals surface area contributed by atoms with Crippen molar-refractivity contribution < 1.29 is 9.90 Å². The zero-order valence-electron chi connectivity index (χ0n) is 10.9. The molecule has 2 aliphatic rings. The number of carboxylic acid groups (broad SMARTS) is 1. The van der Waals surface area contributed by atoms with Crippen LogP contribution in [0.3, 0.4) is 0 Å². The normalized spacial score (nSPS) is 25.9. The number of nitrogens with zero attached hydrogens (tertiary/aromatic N) is 2. The molecular formula is C14H19N3O2. The van der Waals surface area contributed by atoms with Gasteiger partial charge in [0.15, 0.2) is 0 Å². The van der Waals surface area contributed by atoms with Gasteiger partial charge in [-0.05, 0) is 44.9 Å². The number of rotatable bonds is 3. The molecule has 0 aromatic carbocycles. The molecule has 5 nitrogen and oxygen atoms in total. The Hall–Kier alpha value is -1.65. The van der Waals surface area contributed by atoms with Gasteiger partial charge in [-0.1, -0.05) is 0 Å². The van der Waals surface area contributed by atoms with E-state index in [1.165, 1.54) is 11.3 Å². The molecule has 3 rings (SSSR count). The van der Waals surface area contributed by atoms with Crippen LogP contribution in [-0.2, 0) is 17.6 Å². The Balaban J connectivity index is 1.64. The molecule has 0 unspecified atom stereocenters. The summed E-state index contributed by atoms with van der Waals surface area (Å²) in [6, 6.07) is 0.357. The van der Waals surface area contributed by atoms with E-state index < -0.39 is 5.97 Å². The summed E-state index contributed by atoms with van der Waals surface area (Å²) in [7, 11) is 0. The van der Waals surface area contributed by atoms with E-state index in [1.54, 1.807) is 6.33 Å². The number of hydrogen-bond donors (Lipinski definition) is 2. The number of aryl methyl sites for hydroxylation is 1. The number of carbonyl (C=O) groups is 1. The fourth-order valence-electron chi connectivity index (χ4n) is 3.16. The summed E-state index contributed by atoms with van der Waals surface area (Å²) in [6.45, 7) is 0. The van der Waals surface area contributed by atoms with Crippen LogP contribution in [0, 0.1) is 5.92 Å². The lowest BCUT2D eigenvalue weighted by Gasteiger charge is -2.27. The van der Waals surface area contributed by atoms with Gasteiger partial charge in [0.25, 0.3) is 0 Å². The van der Waals surface area contributed by atoms with Gasteiger partial charge in [0, 0.05) is 17.3 Å². The van der Waals surface area contributed by atoms with Gasteiger partial charge in [-0.25, -0.2) is 9.97 Å². The molecule has 2 N–H and O–H groups in total. The first-order valence-corrected chi connectivity index (χ1v) is 7.06. The van der Waals surface area contributed by atoms with Crippen LogP contribution >= 0.6 is 0 Å². The van der Waals surface area contributed by atoms with E-state index >= 15 is 0 Å². The third-order valence-corrected chi connectivity index (χ3v) is 4.29. The lowest BCUT2D eigenvalue weighted by atomic mass is 9.86. The van der Waals surface area contributed by atoms with Crippen LogP contribution in [0.25, 0.3) is 0 Å². The molecular weight excluding hydrogens is 242 g/mol. The average Bonchev–Trinajstić information content (AvgIpc) is 2.89. The largest absolute Gasteiger partial charge is 0.481 e. The second-order valence-electron chi connectivity index (χ2n) is 5.53. The number of aromatic nitrogens is 2. The van der Waals surface area contributed by atoms with Crippen molar-refractivity contribution in [1.29, 1.82) is 0 Å². The number of carboxylic acids is 1. The van der Waals surface area contributed by atoms with E-state index in [0.717, 1.165) is 50.8 Å². The first-order chi connectivity index (χ1) is 9.24. The highest BCUT2D eigenvalue weighted by molar-refractivity contribution is 5.70. The summed E-state index contributed by atoms with van der Waals surface area (Å²) in [5.74, 6) is 0.164. The van der Waals surface area contributed by atoms with Crippen LogP contribution in [0.15, 0.2) is 6.33 Å². The third-order valence-electron chi connectivity index (χ3n) is 4.29. The Kier molecular flexibility index (Phi) is 3.36. The van der Waals surface area contributed by atoms with Crippen molar-refractivity contribution in [2.24, 2.45) is 5.92 Å². The highest BCUT2D eigenvalue weighted by Gasteiger charge is 2.27. The maximum absolute atomic E-state index is 10.9. The molecule has 19 heavy (non-hydrogen) atoms. The van der Waals surface area contributed by atoms with Crippen molar-refractivity contribution in [3.05, 3.63) is 17.6 Å². The van der Waals surface area contributed by atoms with E-state index in [1.807, 2.05) is 0 Å². The molecule has 0 atom stereocenters. The van der Waals surface area contributed by atoms with Crippen molar-refractivity contribution >= 4 is 11.8 Å². The highest BCUT2D eigenvalue weighted by Crippen LogP contribution is 2.30. The molecule has 5 heteroatoms. The lowest BCUT2D eigenvalue weighted by Crippen LogP contribution is -2.30. The van der Waals surface area contributed by atoms with Gasteiger partial charge in [-0.15, -0.1) is 0 Å². The van der Waals surface area contributed by atoms with Gasteiger partial charge in [-0.3, -0.25) is 4.79 Å². The summed E-state index contributed by atoms with van der Waals surface area (Å²) < 4.78 is 0. The van der Waals surface area contributed by atoms with Crippen molar-refractivity contribution in [3.63, 3.8) is 0 Å². The van der Waals surface area contributed by atoms with Gasteiger partial charge in [0.1, 0.15) is 12.1 Å². The maximum atomic E-state index is 10.9. The topological polar surface area (TPSA) is 75.1 Å². The molecule has 0 radical (unpaired) electrons. The molecule has 2 aliphatic carbocycles. The minimum atomic E-state index is -0.652. The molecule has 0 amide bonds. The molecule has 0 bridgehead atoms. The molecule has 0 spiro atoms. The maximum Gasteiger partial charge on any atom is 0.306 e. The van der Waals surface area contributed by atoms with E-state index in [2.05, 4.69) is 15.3 Å². The fourth-order valence-corrected chi connectivity index (χ4v) is 3.16. The van der Waals surface area contributed by atoms with E-state index in [4.69, 9.17) is 5.11 Å². The zero-order valence-corrected chi connectivity index (χ0v) is 10.9. The van der Waals surface area contributed by atoms with Crippen LogP contribution in [-0.4, -0.2) is 27.1 Å². The standard InChI is InChI=1S/C14H19N3O2/c18-14(19)9-4-6-10(7-5-9)17-13-11-2-1-3-12(11)15-8-16-13/h8-10H,1-7H2,(H,18,19)(H,15,16,17). The van der Waals surface area contributed by atoms with Gasteiger partial charge >= 0.3 is 5.97 Å². The number of aliphatic carboxylic acids is 1. The van der Waals surface area contributed by atoms with Crippen molar-refractivity contribution in [3.8, 4) is 0 Å². The molecule has 1 heterocycles. The van der Waals surface area contributed by atoms with E-state index in [0.29, 0.717) is 6.04 Å². The first-order valence-electron chi connectivity index (χ1n) is 7.06. The number of nitrogens with one attached hydrogen (secondary N) is 1.